The summed E-state index contributed by atoms with van der Waals surface area (Å²) < 4.78 is 5.13. The number of likely N-dealkylation sites (tertiary alicyclic amines) is 1. The second kappa shape index (κ2) is 13.7. The molecule has 0 atom stereocenters. The first-order chi connectivity index (χ1) is 17.5. The summed E-state index contributed by atoms with van der Waals surface area (Å²) in [5.41, 5.74) is 3.63. The molecular weight excluding hydrogens is 452 g/mol. The molecule has 1 aromatic heterocycles. The highest BCUT2D eigenvalue weighted by atomic mass is 16.5. The Morgan fingerprint density at radius 3 is 2.36 bits per heavy atom. The summed E-state index contributed by atoms with van der Waals surface area (Å²) in [6, 6.07) is 17.8. The molecule has 0 radical (unpaired) electrons. The number of benzene rings is 2. The van der Waals surface area contributed by atoms with Gasteiger partial charge in [-0.25, -0.2) is 0 Å². The summed E-state index contributed by atoms with van der Waals surface area (Å²) >= 11 is 0. The molecule has 3 N–H and O–H groups in total. The third kappa shape index (κ3) is 8.41. The number of nitrogens with zero attached hydrogens (tertiary/aromatic N) is 1. The molecule has 5 rings (SSSR count). The van der Waals surface area contributed by atoms with E-state index in [0.717, 1.165) is 28.5 Å². The van der Waals surface area contributed by atoms with Crippen LogP contribution in [-0.2, 0) is 11.2 Å². The van der Waals surface area contributed by atoms with Crippen molar-refractivity contribution in [3.05, 3.63) is 65.9 Å². The van der Waals surface area contributed by atoms with Crippen LogP contribution in [0.3, 0.4) is 0 Å². The topological polar surface area (TPSA) is 86.5 Å². The second-order valence-electron chi connectivity index (χ2n) is 9.61. The molecule has 0 bridgehead atoms. The van der Waals surface area contributed by atoms with Gasteiger partial charge < -0.3 is 25.3 Å². The Labute approximate surface area is 214 Å². The van der Waals surface area contributed by atoms with Crippen molar-refractivity contribution >= 4 is 23.2 Å². The van der Waals surface area contributed by atoms with Crippen LogP contribution in [0.4, 0.5) is 0 Å². The number of methoxy groups -OCH3 is 1. The lowest BCUT2D eigenvalue weighted by atomic mass is 9.94. The van der Waals surface area contributed by atoms with Gasteiger partial charge in [0.05, 0.1) is 7.11 Å². The van der Waals surface area contributed by atoms with Gasteiger partial charge in [0.2, 0.25) is 6.41 Å². The second-order valence-corrected chi connectivity index (χ2v) is 9.61. The highest BCUT2D eigenvalue weighted by Gasteiger charge is 2.43. The van der Waals surface area contributed by atoms with Crippen molar-refractivity contribution in [1.29, 1.82) is 0 Å². The summed E-state index contributed by atoms with van der Waals surface area (Å²) in [6.07, 6.45) is 7.75. The lowest BCUT2D eigenvalue weighted by molar-refractivity contribution is -0.109. The molecule has 1 saturated carbocycles. The Bertz CT molecular complexity index is 1080. The number of H-pyrrole nitrogens is 1. The van der Waals surface area contributed by atoms with E-state index in [-0.39, 0.29) is 5.91 Å². The Morgan fingerprint density at radius 2 is 1.78 bits per heavy atom. The monoisotopic (exact) mass is 492 g/mol. The third-order valence-electron chi connectivity index (χ3n) is 6.97. The van der Waals surface area contributed by atoms with Crippen LogP contribution in [0, 0.1) is 5.41 Å². The Morgan fingerprint density at radius 1 is 1.06 bits per heavy atom. The van der Waals surface area contributed by atoms with Crippen LogP contribution in [0.15, 0.2) is 54.6 Å². The number of fused-ring (bicyclic) bond motifs is 1. The number of aryl methyl sites for hydroxylation is 1. The maximum Gasteiger partial charge on any atom is 0.267 e. The van der Waals surface area contributed by atoms with Crippen molar-refractivity contribution in [2.75, 3.05) is 40.3 Å². The predicted molar refractivity (Wildman–Crippen MR) is 145 cm³/mol. The maximum atomic E-state index is 11.8. The number of piperidine rings is 1. The van der Waals surface area contributed by atoms with E-state index in [2.05, 4.69) is 58.8 Å². The van der Waals surface area contributed by atoms with Gasteiger partial charge in [0.25, 0.3) is 5.91 Å². The molecule has 1 saturated heterocycles. The third-order valence-corrected chi connectivity index (χ3v) is 6.97. The highest BCUT2D eigenvalue weighted by molar-refractivity contribution is 5.98. The fourth-order valence-electron chi connectivity index (χ4n) is 4.25. The fraction of sp³-hybridized carbons (Fsp3) is 0.448. The molecule has 1 spiro atoms. The number of amides is 2. The minimum Gasteiger partial charge on any atom is -0.497 e. The van der Waals surface area contributed by atoms with Crippen molar-refractivity contribution < 1.29 is 14.3 Å². The molecule has 194 valence electrons. The van der Waals surface area contributed by atoms with Crippen molar-refractivity contribution in [2.45, 2.75) is 39.0 Å². The lowest BCUT2D eigenvalue weighted by Gasteiger charge is -2.28. The summed E-state index contributed by atoms with van der Waals surface area (Å²) in [7, 11) is 3.83. The molecule has 2 aliphatic rings. The number of aromatic nitrogens is 1. The van der Waals surface area contributed by atoms with Crippen molar-refractivity contribution in [1.82, 2.24) is 20.5 Å². The average Bonchev–Trinajstić information content (AvgIpc) is 3.54. The predicted octanol–water partition coefficient (Wildman–Crippen LogP) is 4.39. The molecule has 2 amide bonds. The van der Waals surface area contributed by atoms with Crippen LogP contribution in [0.1, 0.15) is 48.7 Å². The van der Waals surface area contributed by atoms with Crippen molar-refractivity contribution in [3.8, 4) is 5.75 Å². The van der Waals surface area contributed by atoms with Crippen molar-refractivity contribution in [3.63, 3.8) is 0 Å². The Balaban J connectivity index is 0.000000174. The Hall–Kier alpha value is -3.32. The number of rotatable bonds is 7. The number of hydrogen-bond acceptors (Lipinski definition) is 4. The number of carbonyl (C=O) groups excluding carboxylic acids is 2. The van der Waals surface area contributed by atoms with Gasteiger partial charge in [-0.1, -0.05) is 37.3 Å². The van der Waals surface area contributed by atoms with E-state index in [4.69, 9.17) is 4.74 Å². The van der Waals surface area contributed by atoms with E-state index >= 15 is 0 Å². The minimum atomic E-state index is -0.206. The molecule has 0 unspecified atom stereocenters. The lowest BCUT2D eigenvalue weighted by Crippen LogP contribution is -2.31. The van der Waals surface area contributed by atoms with E-state index in [1.54, 1.807) is 13.2 Å². The number of aromatic amines is 1. The quantitative estimate of drug-likeness (QED) is 0.337. The van der Waals surface area contributed by atoms with E-state index in [1.807, 2.05) is 24.3 Å². The van der Waals surface area contributed by atoms with E-state index in [9.17, 15) is 9.59 Å². The molecule has 1 aliphatic carbocycles. The van der Waals surface area contributed by atoms with Gasteiger partial charge in [-0.3, -0.25) is 9.59 Å². The van der Waals surface area contributed by atoms with Crippen LogP contribution in [-0.4, -0.2) is 62.5 Å². The van der Waals surface area contributed by atoms with Crippen LogP contribution >= 0.6 is 0 Å². The molecule has 2 heterocycles. The number of ether oxygens (including phenoxy) is 1. The van der Waals surface area contributed by atoms with E-state index in [0.29, 0.717) is 25.2 Å². The Kier molecular flexibility index (Phi) is 10.4. The smallest absolute Gasteiger partial charge is 0.267 e. The van der Waals surface area contributed by atoms with Gasteiger partial charge in [0, 0.05) is 24.0 Å². The number of carbonyl (C=O) groups is 2. The van der Waals surface area contributed by atoms with Crippen LogP contribution in [0.2, 0.25) is 0 Å². The van der Waals surface area contributed by atoms with Crippen molar-refractivity contribution in [2.24, 2.45) is 5.41 Å². The summed E-state index contributed by atoms with van der Waals surface area (Å²) in [4.78, 5) is 27.4. The first-order valence-corrected chi connectivity index (χ1v) is 12.8. The van der Waals surface area contributed by atoms with Gasteiger partial charge in [-0.05, 0) is 87.5 Å². The molecule has 2 aromatic carbocycles. The van der Waals surface area contributed by atoms with E-state index in [1.165, 1.54) is 44.3 Å². The number of hydrogen-bond donors (Lipinski definition) is 3. The normalized spacial score (nSPS) is 15.6. The van der Waals surface area contributed by atoms with Gasteiger partial charge in [0.1, 0.15) is 11.4 Å². The summed E-state index contributed by atoms with van der Waals surface area (Å²) in [6.45, 7) is 5.65. The molecule has 1 aliphatic heterocycles. The van der Waals surface area contributed by atoms with Crippen LogP contribution in [0.5, 0.6) is 5.75 Å². The molecule has 7 heteroatoms. The summed E-state index contributed by atoms with van der Waals surface area (Å²) in [5, 5.41) is 6.09. The molecular formula is C29H40N4O3. The SMILES string of the molecule is CCc1ccccc1.CN1CCC2(CC1)CC2.COc1ccc2[nH]c(C(=O)NCCNC=O)cc2c1. The van der Waals surface area contributed by atoms with Gasteiger partial charge in [0.15, 0.2) is 0 Å². The molecule has 3 aromatic rings. The molecule has 36 heavy (non-hydrogen) atoms. The highest BCUT2D eigenvalue weighted by Crippen LogP contribution is 2.53. The van der Waals surface area contributed by atoms with Gasteiger partial charge >= 0.3 is 0 Å². The standard InChI is InChI=1S/C13H15N3O3.C8H15N.C8H10/c1-19-10-2-3-11-9(6-10)7-12(16-11)13(18)15-5-4-14-8-17;1-9-6-4-8(2-3-8)5-7-9;1-2-8-6-4-3-5-7-8/h2-3,6-8,16H,4-5H2,1H3,(H,14,17)(H,15,18);2-7H2,1H3;3-7H,2H2,1H3. The first-order valence-electron chi connectivity index (χ1n) is 12.8. The fourth-order valence-corrected chi connectivity index (χ4v) is 4.25. The minimum absolute atomic E-state index is 0.206. The maximum absolute atomic E-state index is 11.8. The largest absolute Gasteiger partial charge is 0.497 e. The van der Waals surface area contributed by atoms with Gasteiger partial charge in [-0.15, -0.1) is 0 Å². The molecule has 7 nitrogen and oxygen atoms in total. The molecule has 2 fully saturated rings. The zero-order valence-electron chi connectivity index (χ0n) is 21.8. The average molecular weight is 493 g/mol. The van der Waals surface area contributed by atoms with E-state index < -0.39 is 0 Å². The zero-order valence-corrected chi connectivity index (χ0v) is 21.8. The van der Waals surface area contributed by atoms with Crippen LogP contribution < -0.4 is 15.4 Å². The van der Waals surface area contributed by atoms with Gasteiger partial charge in [-0.2, -0.15) is 0 Å². The zero-order chi connectivity index (χ0) is 25.8. The first kappa shape index (κ1) is 27.3. The number of nitrogens with one attached hydrogen (secondary N) is 3. The summed E-state index contributed by atoms with van der Waals surface area (Å²) in [5.74, 6) is 0.538. The van der Waals surface area contributed by atoms with Crippen LogP contribution in [0.25, 0.3) is 10.9 Å².